The Morgan fingerprint density at radius 3 is 2.00 bits per heavy atom. The number of hydrogen-bond acceptors (Lipinski definition) is 9. The lowest BCUT2D eigenvalue weighted by Gasteiger charge is -2.06. The summed E-state index contributed by atoms with van der Waals surface area (Å²) in [5.41, 5.74) is 0.0642. The van der Waals surface area contributed by atoms with Crippen LogP contribution in [-0.4, -0.2) is 55.8 Å². The third kappa shape index (κ3) is 32.0. The van der Waals surface area contributed by atoms with E-state index in [0.717, 1.165) is 13.0 Å². The van der Waals surface area contributed by atoms with Crippen LogP contribution in [0.2, 0.25) is 0 Å². The minimum absolute atomic E-state index is 0.0311. The zero-order valence-electron chi connectivity index (χ0n) is 56.5. The van der Waals surface area contributed by atoms with E-state index in [9.17, 15) is 37.5 Å². The average Bonchev–Trinajstić information content (AvgIpc) is 3.21. The average molecular weight is 748 g/mol. The van der Waals surface area contributed by atoms with Crippen molar-refractivity contribution in [3.8, 4) is 0 Å². The van der Waals surface area contributed by atoms with Gasteiger partial charge in [-0.25, -0.2) is 28.7 Å². The molecule has 2 rings (SSSR count). The van der Waals surface area contributed by atoms with Gasteiger partial charge in [0.15, 0.2) is 0 Å². The molecule has 18 heteroatoms. The quantitative estimate of drug-likeness (QED) is 0.1000. The maximum atomic E-state index is 13.3. The smallest absolute Gasteiger partial charge is 0.336 e. The van der Waals surface area contributed by atoms with Gasteiger partial charge < -0.3 is 16.0 Å². The second-order valence-electron chi connectivity index (χ2n) is 6.02. The Morgan fingerprint density at radius 1 is 0.936 bits per heavy atom. The molecule has 0 aliphatic heterocycles. The van der Waals surface area contributed by atoms with Crippen LogP contribution < -0.4 is 33.5 Å². The Bertz CT molecular complexity index is 2750. The van der Waals surface area contributed by atoms with Crippen molar-refractivity contribution in [1.82, 2.24) is 24.8 Å². The minimum Gasteiger partial charge on any atom is -0.337 e. The van der Waals surface area contributed by atoms with Crippen LogP contribution in [0.1, 0.15) is 142 Å². The number of aromatic nitrogens is 4. The topological polar surface area (TPSA) is 222 Å². The third-order valence-electron chi connectivity index (χ3n) is 3.04. The Hall–Kier alpha value is -3.72. The molecule has 47 heavy (non-hydrogen) atoms. The molecule has 0 aromatic carbocycles. The summed E-state index contributed by atoms with van der Waals surface area (Å²) < 4.78 is 268. The summed E-state index contributed by atoms with van der Waals surface area (Å²) in [7, 11) is 0. The van der Waals surface area contributed by atoms with Gasteiger partial charge in [-0.2, -0.15) is 8.78 Å². The number of rotatable bonds is 14. The molecule has 0 atom stereocenters. The Kier molecular flexibility index (Phi) is 10.3. The van der Waals surface area contributed by atoms with Crippen molar-refractivity contribution < 1.29 is 68.4 Å². The molecule has 2 heterocycles. The highest BCUT2D eigenvalue weighted by Crippen LogP contribution is 1.98. The van der Waals surface area contributed by atoms with Gasteiger partial charge in [-0.15, -0.1) is 0 Å². The summed E-state index contributed by atoms with van der Waals surface area (Å²) in [4.78, 5) is 81.6. The summed E-state index contributed by atoms with van der Waals surface area (Å²) in [6.45, 7) is -12.8. The number of amides is 1. The maximum Gasteiger partial charge on any atom is 0.336 e. The van der Waals surface area contributed by atoms with E-state index in [1.807, 2.05) is 4.98 Å². The lowest BCUT2D eigenvalue weighted by Crippen LogP contribution is -2.40. The number of nitrogens with one attached hydrogen (secondary N) is 4. The van der Waals surface area contributed by atoms with Gasteiger partial charge >= 0.3 is 22.1 Å². The molecule has 0 aliphatic rings. The van der Waals surface area contributed by atoms with Crippen molar-refractivity contribution in [2.24, 2.45) is 10.7 Å². The molecule has 0 saturated heterocycles. The molecule has 0 spiro atoms. The summed E-state index contributed by atoms with van der Waals surface area (Å²) in [5.74, 6) is -2.65. The first-order chi connectivity index (χ1) is 34.4. The zero-order valence-corrected chi connectivity index (χ0v) is 25.0. The first-order valence-corrected chi connectivity index (χ1v) is 11.7. The highest BCUT2D eigenvalue weighted by Gasteiger charge is 2.09. The number of nitrogens with zero attached hydrogens (tertiary/aromatic N) is 2. The van der Waals surface area contributed by atoms with E-state index in [1.54, 1.807) is 4.98 Å². The fraction of sp³-hybridized carbons (Fsp3) is 0.621. The predicted molar refractivity (Wildman–Crippen MR) is 179 cm³/mol. The van der Waals surface area contributed by atoms with Crippen LogP contribution in [0.5, 0.6) is 0 Å². The van der Waals surface area contributed by atoms with E-state index < -0.39 is 148 Å². The van der Waals surface area contributed by atoms with Crippen molar-refractivity contribution in [2.75, 3.05) is 19.5 Å². The summed E-state index contributed by atoms with van der Waals surface area (Å²) in [6, 6.07) is -1.90. The van der Waals surface area contributed by atoms with Crippen LogP contribution in [0.25, 0.3) is 0 Å². The van der Waals surface area contributed by atoms with Crippen LogP contribution in [0.15, 0.2) is 36.6 Å². The highest BCUT2D eigenvalue weighted by atomic mass is 35.5. The molecule has 14 nitrogen and oxygen atoms in total. The Labute approximate surface area is 327 Å². The number of carbonyl (C=O) groups is 2. The van der Waals surface area contributed by atoms with Gasteiger partial charge in [0, 0.05) is 55.2 Å². The van der Waals surface area contributed by atoms with E-state index >= 15 is 0 Å². The van der Waals surface area contributed by atoms with Crippen LogP contribution in [0.4, 0.5) is 18.4 Å². The molecule has 0 unspecified atom stereocenters. The molecule has 0 aliphatic carbocycles. The number of halogens is 4. The lowest BCUT2D eigenvalue weighted by molar-refractivity contribution is 0.240. The van der Waals surface area contributed by atoms with E-state index in [-0.39, 0.29) is 10.8 Å². The van der Waals surface area contributed by atoms with Crippen LogP contribution >= 0.6 is 23.2 Å². The number of carbonyl (C=O) groups excluding carboxylic acids is 3. The molecule has 0 saturated carbocycles. The molecule has 0 fully saturated rings. The van der Waals surface area contributed by atoms with Crippen molar-refractivity contribution >= 4 is 40.0 Å². The monoisotopic (exact) mass is 746 g/mol. The number of aromatic amines is 3. The van der Waals surface area contributed by atoms with Gasteiger partial charge in [0.1, 0.15) is 0 Å². The first kappa shape index (κ1) is 14.4. The van der Waals surface area contributed by atoms with Crippen molar-refractivity contribution in [2.45, 2.75) is 97.2 Å². The number of isocyanates is 1. The summed E-state index contributed by atoms with van der Waals surface area (Å²) in [6.07, 6.45) is -41.3. The molecule has 6 N–H and O–H groups in total. The van der Waals surface area contributed by atoms with Gasteiger partial charge in [-0.1, -0.05) is 78.1 Å². The van der Waals surface area contributed by atoms with E-state index in [0.29, 0.717) is 13.1 Å². The van der Waals surface area contributed by atoms with Crippen LogP contribution in [-0.2, 0) is 4.79 Å². The van der Waals surface area contributed by atoms with Gasteiger partial charge in [0.25, 0.3) is 11.1 Å². The van der Waals surface area contributed by atoms with E-state index in [4.69, 9.17) is 55.8 Å². The Balaban J connectivity index is -0.00000104. The number of nitrogens with two attached hydrogens (primary N) is 1. The Morgan fingerprint density at radius 2 is 1.49 bits per heavy atom. The fourth-order valence-electron chi connectivity index (χ4n) is 1.53. The van der Waals surface area contributed by atoms with Gasteiger partial charge in [0.05, 0.1) is 15.4 Å². The zero-order chi connectivity index (χ0) is 65.9. The van der Waals surface area contributed by atoms with Crippen LogP contribution in [0, 0.1) is 11.6 Å². The molecule has 1 amide bonds. The first-order valence-electron chi connectivity index (χ1n) is 27.5. The largest absolute Gasteiger partial charge is 0.337 e. The molecule has 0 radical (unpaired) electrons. The molecule has 2 aromatic rings. The van der Waals surface area contributed by atoms with Crippen molar-refractivity contribution in [3.63, 3.8) is 0 Å². The van der Waals surface area contributed by atoms with Gasteiger partial charge in [-0.3, -0.25) is 24.4 Å². The third-order valence-corrected chi connectivity index (χ3v) is 3.04. The maximum absolute atomic E-state index is 13.3. The highest BCUT2D eigenvalue weighted by molar-refractivity contribution is 6.93. The van der Waals surface area contributed by atoms with Crippen molar-refractivity contribution in [3.05, 3.63) is 65.7 Å². The summed E-state index contributed by atoms with van der Waals surface area (Å²) in [5, 5.41) is 1.19. The second-order valence-corrected chi connectivity index (χ2v) is 6.90. The predicted octanol–water partition coefficient (Wildman–Crippen LogP) is 5.03. The summed E-state index contributed by atoms with van der Waals surface area (Å²) >= 11 is 8.80. The van der Waals surface area contributed by atoms with E-state index in [1.165, 1.54) is 10.3 Å². The van der Waals surface area contributed by atoms with Crippen LogP contribution in [0.3, 0.4) is 0 Å². The molecule has 0 bridgehead atoms. The van der Waals surface area contributed by atoms with Gasteiger partial charge in [-0.05, 0) is 48.8 Å². The molecule has 2 aromatic heterocycles. The molecule has 268 valence electrons. The SMILES string of the molecule is O=C(Cl)Cl.O=c1[nH]cc(F)c(=O)[nH]1.[2H]C([2H])(C)C([2H])([2H])C([2H])([2H])C([2H])([2H])C([2H])([2H])N.[2H]C([2H])(C)C([2H])([2H])C([2H])([2H])C([2H])([2H])C([2H])([2H])N=C=O.[2H]C([2H])([2H])C([2H])([2H])C([2H])([2H])C([2H])([2H])C([2H])([2H])C([2H])([2H])NC(=O)n1cc(F)c(=O)[nH]c1=O. The fourth-order valence-corrected chi connectivity index (χ4v) is 1.53. The molecular weight excluding hydrogens is 667 g/mol. The van der Waals surface area contributed by atoms with Gasteiger partial charge in [0.2, 0.25) is 17.7 Å². The lowest BCUT2D eigenvalue weighted by atomic mass is 10.2. The standard InChI is InChI=1S/C11H16FN3O3.C7H13NO.C6H15N.C4H3FN2O2.CCl2O/c1-2-3-4-5-6-13-10(17)15-7-8(12)9(16)14-11(15)18;1-2-3-4-5-6-8-7-9;1-2-3-4-5-6-7;5-2-1-6-4(9)7-3(2)8;2-1(3)4/h7H,2-6H2,1H3,(H,13,17)(H,14,16,18);2-6H2,1H3;2-7H2,1H3;1H,(H2,6,7,8,9);/i1D3,2D2,3D2,4D2,5D2,6D2;2*2D2,3D2,4D2,5D2,6D2;;. The van der Waals surface area contributed by atoms with E-state index in [2.05, 4.69) is 28.2 Å². The molecular formula is C29H47Cl2F2N7O7. The number of hydrogen-bond donors (Lipinski definition) is 5. The minimum atomic E-state index is -4.24. The number of H-pyrrole nitrogens is 3. The van der Waals surface area contributed by atoms with Crippen molar-refractivity contribution in [1.29, 1.82) is 0 Å². The normalized spacial score (nSPS) is 24.6. The number of aliphatic imine (C=N–C) groups is 1. The second kappa shape index (κ2) is 33.6.